The fraction of sp³-hybridized carbons (Fsp3) is 0.0455. The minimum Gasteiger partial charge on any atom is -0.451 e. The molecule has 4 aromatic rings. The van der Waals surface area contributed by atoms with Gasteiger partial charge in [-0.05, 0) is 29.8 Å². The fourth-order valence-electron chi connectivity index (χ4n) is 2.79. The Morgan fingerprint density at radius 3 is 2.67 bits per heavy atom. The molecule has 0 saturated heterocycles. The lowest BCUT2D eigenvalue weighted by Gasteiger charge is -2.02. The van der Waals surface area contributed by atoms with Crippen LogP contribution in [0.15, 0.2) is 77.3 Å². The molecular formula is C22H16ClN3O3S. The third-order valence-electron chi connectivity index (χ3n) is 4.16. The molecule has 0 spiro atoms. The summed E-state index contributed by atoms with van der Waals surface area (Å²) in [4.78, 5) is 29.6. The van der Waals surface area contributed by atoms with Gasteiger partial charge in [-0.15, -0.1) is 11.3 Å². The van der Waals surface area contributed by atoms with Crippen LogP contribution in [0.3, 0.4) is 0 Å². The first-order valence-corrected chi connectivity index (χ1v) is 10.2. The number of aromatic nitrogens is 1. The molecule has 0 fully saturated rings. The molecule has 8 heteroatoms. The standard InChI is InChI=1S/C22H16ClN3O3S/c23-16-8-4-7-15(12-16)18-9-10-19(29-18)20(27)25-21(28)26-22-24-13-17(30-22)11-14-5-2-1-3-6-14/h1-10,12-13H,11H2,(H2,24,25,26,27,28). The van der Waals surface area contributed by atoms with Gasteiger partial charge in [-0.2, -0.15) is 0 Å². The first-order valence-electron chi connectivity index (χ1n) is 9.03. The van der Waals surface area contributed by atoms with Crippen molar-refractivity contribution < 1.29 is 14.0 Å². The Labute approximate surface area is 181 Å². The molecular weight excluding hydrogens is 422 g/mol. The van der Waals surface area contributed by atoms with E-state index in [1.54, 1.807) is 30.5 Å². The summed E-state index contributed by atoms with van der Waals surface area (Å²) in [5.74, 6) is -0.153. The third-order valence-corrected chi connectivity index (χ3v) is 5.31. The number of imide groups is 1. The molecule has 4 rings (SSSR count). The first kappa shape index (κ1) is 19.9. The van der Waals surface area contributed by atoms with Crippen molar-refractivity contribution in [1.82, 2.24) is 10.3 Å². The smallest absolute Gasteiger partial charge is 0.328 e. The Bertz CT molecular complexity index is 1190. The van der Waals surface area contributed by atoms with Crippen molar-refractivity contribution in [3.8, 4) is 11.3 Å². The number of nitrogens with zero attached hydrogens (tertiary/aromatic N) is 1. The zero-order chi connectivity index (χ0) is 20.9. The molecule has 0 radical (unpaired) electrons. The van der Waals surface area contributed by atoms with E-state index < -0.39 is 11.9 Å². The van der Waals surface area contributed by atoms with Crippen LogP contribution in [0, 0.1) is 0 Å². The van der Waals surface area contributed by atoms with Crippen LogP contribution >= 0.6 is 22.9 Å². The van der Waals surface area contributed by atoms with Gasteiger partial charge in [-0.1, -0.05) is 54.1 Å². The van der Waals surface area contributed by atoms with Crippen LogP contribution in [-0.2, 0) is 6.42 Å². The van der Waals surface area contributed by atoms with E-state index >= 15 is 0 Å². The number of furan rings is 1. The molecule has 150 valence electrons. The summed E-state index contributed by atoms with van der Waals surface area (Å²) in [7, 11) is 0. The Balaban J connectivity index is 1.35. The summed E-state index contributed by atoms with van der Waals surface area (Å²) in [5.41, 5.74) is 1.89. The van der Waals surface area contributed by atoms with E-state index in [-0.39, 0.29) is 5.76 Å². The molecule has 6 nitrogen and oxygen atoms in total. The predicted molar refractivity (Wildman–Crippen MR) is 117 cm³/mol. The molecule has 0 atom stereocenters. The lowest BCUT2D eigenvalue weighted by molar-refractivity contribution is 0.0940. The predicted octanol–water partition coefficient (Wildman–Crippen LogP) is 5.61. The van der Waals surface area contributed by atoms with E-state index in [2.05, 4.69) is 15.6 Å². The highest BCUT2D eigenvalue weighted by Crippen LogP contribution is 2.25. The number of anilines is 1. The molecule has 0 unspecified atom stereocenters. The number of hydrogen-bond donors (Lipinski definition) is 2. The normalized spacial score (nSPS) is 10.6. The third kappa shape index (κ3) is 4.94. The molecule has 2 aromatic heterocycles. The number of halogens is 1. The van der Waals surface area contributed by atoms with Gasteiger partial charge in [0.2, 0.25) is 0 Å². The van der Waals surface area contributed by atoms with Crippen molar-refractivity contribution in [3.63, 3.8) is 0 Å². The minimum atomic E-state index is -0.679. The lowest BCUT2D eigenvalue weighted by atomic mass is 10.1. The van der Waals surface area contributed by atoms with Crippen molar-refractivity contribution in [2.75, 3.05) is 5.32 Å². The first-order chi connectivity index (χ1) is 14.6. The van der Waals surface area contributed by atoms with Gasteiger partial charge in [-0.3, -0.25) is 15.4 Å². The second-order valence-electron chi connectivity index (χ2n) is 6.38. The Morgan fingerprint density at radius 2 is 1.87 bits per heavy atom. The zero-order valence-corrected chi connectivity index (χ0v) is 17.2. The highest BCUT2D eigenvalue weighted by Gasteiger charge is 2.16. The average Bonchev–Trinajstić information content (AvgIpc) is 3.39. The average molecular weight is 438 g/mol. The monoisotopic (exact) mass is 437 g/mol. The largest absolute Gasteiger partial charge is 0.451 e. The molecule has 2 heterocycles. The van der Waals surface area contributed by atoms with E-state index in [9.17, 15) is 9.59 Å². The highest BCUT2D eigenvalue weighted by molar-refractivity contribution is 7.15. The quantitative estimate of drug-likeness (QED) is 0.425. The van der Waals surface area contributed by atoms with Gasteiger partial charge in [-0.25, -0.2) is 9.78 Å². The van der Waals surface area contributed by atoms with Gasteiger partial charge < -0.3 is 4.42 Å². The number of rotatable bonds is 5. The molecule has 0 aliphatic rings. The summed E-state index contributed by atoms with van der Waals surface area (Å²) in [6.07, 6.45) is 2.43. The molecule has 0 saturated carbocycles. The topological polar surface area (TPSA) is 84.2 Å². The van der Waals surface area contributed by atoms with Crippen LogP contribution in [0.4, 0.5) is 9.93 Å². The number of urea groups is 1. The van der Waals surface area contributed by atoms with E-state index in [0.29, 0.717) is 15.9 Å². The summed E-state index contributed by atoms with van der Waals surface area (Å²) < 4.78 is 5.54. The van der Waals surface area contributed by atoms with E-state index in [0.717, 1.165) is 22.4 Å². The number of carbonyl (C=O) groups is 2. The molecule has 2 N–H and O–H groups in total. The maximum atomic E-state index is 12.3. The van der Waals surface area contributed by atoms with Crippen molar-refractivity contribution in [2.24, 2.45) is 0 Å². The molecule has 3 amide bonds. The summed E-state index contributed by atoms with van der Waals surface area (Å²) in [6, 6.07) is 19.5. The van der Waals surface area contributed by atoms with Crippen LogP contribution in [0.25, 0.3) is 11.3 Å². The number of hydrogen-bond acceptors (Lipinski definition) is 5. The second kappa shape index (κ2) is 8.94. The SMILES string of the molecule is O=C(NC(=O)c1ccc(-c2cccc(Cl)c2)o1)Nc1ncc(Cc2ccccc2)s1. The fourth-order valence-corrected chi connectivity index (χ4v) is 3.83. The van der Waals surface area contributed by atoms with Gasteiger partial charge in [0, 0.05) is 28.1 Å². The number of carbonyl (C=O) groups excluding carboxylic acids is 2. The highest BCUT2D eigenvalue weighted by atomic mass is 35.5. The molecule has 0 aliphatic heterocycles. The Hall–Kier alpha value is -3.42. The van der Waals surface area contributed by atoms with Crippen molar-refractivity contribution in [3.05, 3.63) is 94.2 Å². The molecule has 0 aliphatic carbocycles. The van der Waals surface area contributed by atoms with Gasteiger partial charge in [0.05, 0.1) is 0 Å². The van der Waals surface area contributed by atoms with E-state index in [1.165, 1.54) is 17.4 Å². The maximum absolute atomic E-state index is 12.3. The summed E-state index contributed by atoms with van der Waals surface area (Å²) in [6.45, 7) is 0. The second-order valence-corrected chi connectivity index (χ2v) is 7.93. The minimum absolute atomic E-state index is 0.0176. The molecule has 0 bridgehead atoms. The van der Waals surface area contributed by atoms with E-state index in [1.807, 2.05) is 36.4 Å². The number of amides is 3. The summed E-state index contributed by atoms with van der Waals surface area (Å²) in [5, 5.41) is 5.78. The van der Waals surface area contributed by atoms with Crippen LogP contribution in [0.2, 0.25) is 5.02 Å². The molecule has 2 aromatic carbocycles. The van der Waals surface area contributed by atoms with Gasteiger partial charge in [0.15, 0.2) is 10.9 Å². The van der Waals surface area contributed by atoms with E-state index in [4.69, 9.17) is 16.0 Å². The van der Waals surface area contributed by atoms with Crippen LogP contribution in [0.5, 0.6) is 0 Å². The van der Waals surface area contributed by atoms with Gasteiger partial charge in [0.1, 0.15) is 5.76 Å². The number of nitrogens with one attached hydrogen (secondary N) is 2. The van der Waals surface area contributed by atoms with Gasteiger partial charge >= 0.3 is 6.03 Å². The van der Waals surface area contributed by atoms with Crippen molar-refractivity contribution >= 4 is 40.0 Å². The van der Waals surface area contributed by atoms with Crippen molar-refractivity contribution in [2.45, 2.75) is 6.42 Å². The van der Waals surface area contributed by atoms with Crippen LogP contribution in [0.1, 0.15) is 21.0 Å². The lowest BCUT2D eigenvalue weighted by Crippen LogP contribution is -2.34. The zero-order valence-electron chi connectivity index (χ0n) is 15.6. The van der Waals surface area contributed by atoms with Gasteiger partial charge in [0.25, 0.3) is 5.91 Å². The molecule has 30 heavy (non-hydrogen) atoms. The Morgan fingerprint density at radius 1 is 1.03 bits per heavy atom. The van der Waals surface area contributed by atoms with Crippen LogP contribution in [-0.4, -0.2) is 16.9 Å². The number of benzene rings is 2. The maximum Gasteiger partial charge on any atom is 0.328 e. The Kier molecular flexibility index (Phi) is 5.92. The van der Waals surface area contributed by atoms with Crippen molar-refractivity contribution in [1.29, 1.82) is 0 Å². The number of thiazole rings is 1. The van der Waals surface area contributed by atoms with Crippen LogP contribution < -0.4 is 10.6 Å². The summed E-state index contributed by atoms with van der Waals surface area (Å²) >= 11 is 7.33.